The van der Waals surface area contributed by atoms with Crippen molar-refractivity contribution in [2.75, 3.05) is 13.2 Å². The van der Waals surface area contributed by atoms with Crippen LogP contribution in [0.3, 0.4) is 0 Å². The Bertz CT molecular complexity index is 553. The van der Waals surface area contributed by atoms with Gasteiger partial charge in [0.15, 0.2) is 0 Å². The van der Waals surface area contributed by atoms with Crippen molar-refractivity contribution in [3.05, 3.63) is 39.9 Å². The van der Waals surface area contributed by atoms with Crippen molar-refractivity contribution in [1.82, 2.24) is 5.32 Å². The maximum absolute atomic E-state index is 11.2. The molecule has 0 aliphatic carbocycles. The number of nitrogens with zero attached hydrogens (tertiary/aromatic N) is 2. The summed E-state index contributed by atoms with van der Waals surface area (Å²) >= 11 is 6.37. The number of aliphatic imine (C=N–C) groups is 1. The molecule has 0 saturated carbocycles. The minimum atomic E-state index is -2.57. The molecule has 0 saturated heterocycles. The Morgan fingerprint density at radius 1 is 1.45 bits per heavy atom. The summed E-state index contributed by atoms with van der Waals surface area (Å²) < 4.78 is 0. The first kappa shape index (κ1) is 14.9. The summed E-state index contributed by atoms with van der Waals surface area (Å²) in [6, 6.07) is 6.60. The highest BCUT2D eigenvalue weighted by molar-refractivity contribution is 6.26. The maximum Gasteiger partial charge on any atom is 0.395 e. The first-order valence-corrected chi connectivity index (χ1v) is 6.40. The van der Waals surface area contributed by atoms with Crippen molar-refractivity contribution < 1.29 is 15.1 Å². The van der Waals surface area contributed by atoms with Gasteiger partial charge in [-0.2, -0.15) is 0 Å². The minimum Gasteiger partial charge on any atom is -0.396 e. The second kappa shape index (κ2) is 5.45. The monoisotopic (exact) mass is 299 g/mol. The van der Waals surface area contributed by atoms with Crippen LogP contribution in [0.4, 0.5) is 5.69 Å². The topological polar surface area (TPSA) is 108 Å². The number of nitrogens with one attached hydrogen (secondary N) is 1. The van der Waals surface area contributed by atoms with E-state index in [-0.39, 0.29) is 13.2 Å². The van der Waals surface area contributed by atoms with Crippen molar-refractivity contribution in [3.8, 4) is 0 Å². The van der Waals surface area contributed by atoms with Crippen LogP contribution in [0.5, 0.6) is 0 Å². The molecule has 8 heteroatoms. The number of halogens is 1. The van der Waals surface area contributed by atoms with E-state index < -0.39 is 15.6 Å². The molecule has 1 aliphatic rings. The van der Waals surface area contributed by atoms with Gasteiger partial charge in [-0.15, -0.1) is 0 Å². The van der Waals surface area contributed by atoms with Crippen LogP contribution in [0.15, 0.2) is 29.3 Å². The third-order valence-electron chi connectivity index (χ3n) is 3.15. The molecule has 0 fully saturated rings. The molecular weight excluding hydrogens is 286 g/mol. The normalized spacial score (nSPS) is 28.1. The van der Waals surface area contributed by atoms with Crippen molar-refractivity contribution in [2.45, 2.75) is 17.1 Å². The van der Waals surface area contributed by atoms with Crippen LogP contribution < -0.4 is 5.32 Å². The Kier molecular flexibility index (Phi) is 4.05. The van der Waals surface area contributed by atoms with E-state index in [1.54, 1.807) is 24.3 Å². The number of benzene rings is 1. The van der Waals surface area contributed by atoms with Gasteiger partial charge in [0.1, 0.15) is 6.21 Å². The van der Waals surface area contributed by atoms with Gasteiger partial charge >= 0.3 is 5.72 Å². The molecule has 0 amide bonds. The van der Waals surface area contributed by atoms with Gasteiger partial charge in [-0.3, -0.25) is 20.4 Å². The van der Waals surface area contributed by atoms with Crippen molar-refractivity contribution >= 4 is 23.5 Å². The lowest BCUT2D eigenvalue weighted by Gasteiger charge is -2.37. The number of aliphatic hydroxyl groups is 2. The van der Waals surface area contributed by atoms with Gasteiger partial charge in [-0.05, 0) is 19.0 Å². The molecule has 0 radical (unpaired) electrons. The fourth-order valence-corrected chi connectivity index (χ4v) is 2.43. The zero-order chi connectivity index (χ0) is 14.8. The van der Waals surface area contributed by atoms with Crippen LogP contribution in [-0.4, -0.2) is 40.2 Å². The van der Waals surface area contributed by atoms with E-state index in [1.807, 2.05) is 0 Å². The largest absolute Gasteiger partial charge is 0.396 e. The Hall–Kier alpha value is -1.54. The molecule has 1 heterocycles. The van der Waals surface area contributed by atoms with E-state index in [4.69, 9.17) is 16.7 Å². The lowest BCUT2D eigenvalue weighted by atomic mass is 9.92. The molecule has 20 heavy (non-hydrogen) atoms. The number of aliphatic hydroxyl groups excluding tert-OH is 1. The lowest BCUT2D eigenvalue weighted by Crippen LogP contribution is -2.63. The summed E-state index contributed by atoms with van der Waals surface area (Å²) in [6.45, 7) is 0.116. The molecule has 0 spiro atoms. The highest BCUT2D eigenvalue weighted by Gasteiger charge is 2.62. The number of hydrogen-bond donors (Lipinski definition) is 3. The number of fused-ring (bicyclic) bond motifs is 1. The highest BCUT2D eigenvalue weighted by Crippen LogP contribution is 2.44. The molecule has 2 unspecified atom stereocenters. The molecule has 2 rings (SSSR count). The molecule has 1 aliphatic heterocycles. The molecule has 0 aromatic heterocycles. The molecule has 1 aromatic rings. The fraction of sp³-hybridized carbons (Fsp3) is 0.417. The maximum atomic E-state index is 11.2. The summed E-state index contributed by atoms with van der Waals surface area (Å²) in [4.78, 5) is 12.4. The van der Waals surface area contributed by atoms with Gasteiger partial charge in [0.25, 0.3) is 0 Å². The van der Waals surface area contributed by atoms with Crippen LogP contribution in [0.25, 0.3) is 0 Å². The van der Waals surface area contributed by atoms with Crippen LogP contribution in [0.1, 0.15) is 12.0 Å². The summed E-state index contributed by atoms with van der Waals surface area (Å²) in [5.41, 5.74) is -1.80. The predicted octanol–water partition coefficient (Wildman–Crippen LogP) is 0.731. The zero-order valence-corrected chi connectivity index (χ0v) is 11.2. The van der Waals surface area contributed by atoms with Crippen molar-refractivity contribution in [2.24, 2.45) is 4.99 Å². The van der Waals surface area contributed by atoms with E-state index in [1.165, 1.54) is 0 Å². The van der Waals surface area contributed by atoms with Crippen LogP contribution in [0, 0.1) is 10.1 Å². The molecular formula is C12H14ClN3O4. The van der Waals surface area contributed by atoms with Gasteiger partial charge in [0.2, 0.25) is 5.00 Å². The van der Waals surface area contributed by atoms with Crippen LogP contribution >= 0.6 is 11.6 Å². The van der Waals surface area contributed by atoms with E-state index in [2.05, 4.69) is 10.3 Å². The Labute approximate surface area is 120 Å². The summed E-state index contributed by atoms with van der Waals surface area (Å²) in [6.07, 6.45) is 1.18. The number of para-hydroxylation sites is 1. The van der Waals surface area contributed by atoms with Gasteiger partial charge in [0, 0.05) is 12.2 Å². The SMILES string of the molecule is O=[N+]([O-])C1(O)C=Nc2ccccc2C1(Cl)NCCCO. The number of alkyl halides is 1. The number of hydrogen-bond acceptors (Lipinski definition) is 6. The molecule has 1 aromatic carbocycles. The number of rotatable bonds is 5. The quantitative estimate of drug-likeness (QED) is 0.185. The molecule has 0 bridgehead atoms. The third kappa shape index (κ3) is 2.18. The fourth-order valence-electron chi connectivity index (χ4n) is 2.06. The Morgan fingerprint density at radius 2 is 2.15 bits per heavy atom. The lowest BCUT2D eigenvalue weighted by molar-refractivity contribution is -0.608. The first-order valence-electron chi connectivity index (χ1n) is 6.02. The Balaban J connectivity index is 2.49. The molecule has 108 valence electrons. The van der Waals surface area contributed by atoms with Crippen molar-refractivity contribution in [3.63, 3.8) is 0 Å². The zero-order valence-electron chi connectivity index (χ0n) is 10.5. The standard InChI is InChI=1S/C12H14ClN3O4/c13-12(15-6-3-7-17)9-4-1-2-5-10(9)14-8-11(12,18)16(19)20/h1-2,4-5,8,15,17-18H,3,6-7H2. The molecule has 7 nitrogen and oxygen atoms in total. The van der Waals surface area contributed by atoms with E-state index in [0.717, 1.165) is 6.21 Å². The van der Waals surface area contributed by atoms with Gasteiger partial charge in [-0.25, -0.2) is 0 Å². The summed E-state index contributed by atoms with van der Waals surface area (Å²) in [5.74, 6) is 0. The van der Waals surface area contributed by atoms with E-state index in [0.29, 0.717) is 17.7 Å². The Morgan fingerprint density at radius 3 is 2.80 bits per heavy atom. The second-order valence-electron chi connectivity index (χ2n) is 4.42. The second-order valence-corrected chi connectivity index (χ2v) is 4.99. The molecule has 3 N–H and O–H groups in total. The van der Waals surface area contributed by atoms with Gasteiger partial charge in [0.05, 0.1) is 10.6 Å². The first-order chi connectivity index (χ1) is 9.45. The smallest absolute Gasteiger partial charge is 0.395 e. The van der Waals surface area contributed by atoms with Crippen molar-refractivity contribution in [1.29, 1.82) is 0 Å². The van der Waals surface area contributed by atoms with Crippen LogP contribution in [0.2, 0.25) is 0 Å². The molecule has 2 atom stereocenters. The van der Waals surface area contributed by atoms with Crippen LogP contribution in [-0.2, 0) is 5.00 Å². The minimum absolute atomic E-state index is 0.0907. The average molecular weight is 300 g/mol. The van der Waals surface area contributed by atoms with Gasteiger partial charge < -0.3 is 10.2 Å². The number of nitro groups is 1. The summed E-state index contributed by atoms with van der Waals surface area (Å²) in [7, 11) is 0. The highest BCUT2D eigenvalue weighted by atomic mass is 35.5. The predicted molar refractivity (Wildman–Crippen MR) is 73.8 cm³/mol. The van der Waals surface area contributed by atoms with E-state index >= 15 is 0 Å². The third-order valence-corrected chi connectivity index (χ3v) is 3.76. The average Bonchev–Trinajstić information content (AvgIpc) is 2.44. The summed E-state index contributed by atoms with van der Waals surface area (Å²) in [5, 5.41) is 33.1. The van der Waals surface area contributed by atoms with Gasteiger partial charge in [-0.1, -0.05) is 29.8 Å². The van der Waals surface area contributed by atoms with E-state index in [9.17, 15) is 15.2 Å².